The first-order valence-corrected chi connectivity index (χ1v) is 7.57. The van der Waals surface area contributed by atoms with Crippen LogP contribution in [0.4, 0.5) is 11.4 Å². The van der Waals surface area contributed by atoms with Crippen molar-refractivity contribution >= 4 is 23.1 Å². The van der Waals surface area contributed by atoms with Crippen molar-refractivity contribution in [1.82, 2.24) is 4.98 Å². The van der Waals surface area contributed by atoms with Gasteiger partial charge in [-0.25, -0.2) is 0 Å². The van der Waals surface area contributed by atoms with E-state index >= 15 is 0 Å². The van der Waals surface area contributed by atoms with E-state index in [1.54, 1.807) is 36.5 Å². The van der Waals surface area contributed by atoms with Gasteiger partial charge >= 0.3 is 0 Å². The molecular weight excluding hydrogens is 290 g/mol. The number of carbonyl (C=O) groups is 2. The molecule has 1 aromatic heterocycles. The maximum absolute atomic E-state index is 12.3. The van der Waals surface area contributed by atoms with E-state index in [0.29, 0.717) is 22.7 Å². The van der Waals surface area contributed by atoms with Gasteiger partial charge in [0.1, 0.15) is 0 Å². The summed E-state index contributed by atoms with van der Waals surface area (Å²) in [6, 6.07) is 8.58. The molecule has 0 unspecified atom stereocenters. The summed E-state index contributed by atoms with van der Waals surface area (Å²) in [7, 11) is 0. The van der Waals surface area contributed by atoms with Crippen molar-refractivity contribution in [2.45, 2.75) is 20.8 Å². The molecule has 2 rings (SSSR count). The normalized spacial score (nSPS) is 10.4. The number of aromatic nitrogens is 1. The number of pyridine rings is 1. The van der Waals surface area contributed by atoms with Gasteiger partial charge in [-0.05, 0) is 43.2 Å². The molecule has 120 valence electrons. The van der Waals surface area contributed by atoms with Crippen LogP contribution in [0.15, 0.2) is 42.7 Å². The van der Waals surface area contributed by atoms with Crippen LogP contribution in [0.3, 0.4) is 0 Å². The van der Waals surface area contributed by atoms with Gasteiger partial charge in [0, 0.05) is 30.2 Å². The molecular formula is C18H21N3O2. The second-order valence-corrected chi connectivity index (χ2v) is 5.82. The SMILES string of the molecule is CC(=O)c1ccc(NC(=O)c2cncc(NCC(C)C)c2)cc1. The van der Waals surface area contributed by atoms with Crippen LogP contribution >= 0.6 is 0 Å². The lowest BCUT2D eigenvalue weighted by atomic mass is 10.1. The Morgan fingerprint density at radius 1 is 1.04 bits per heavy atom. The lowest BCUT2D eigenvalue weighted by Gasteiger charge is -2.10. The molecule has 0 saturated carbocycles. The minimum Gasteiger partial charge on any atom is -0.384 e. The molecule has 0 radical (unpaired) electrons. The van der Waals surface area contributed by atoms with Crippen LogP contribution in [0.5, 0.6) is 0 Å². The van der Waals surface area contributed by atoms with Gasteiger partial charge in [-0.15, -0.1) is 0 Å². The maximum atomic E-state index is 12.3. The third kappa shape index (κ3) is 4.92. The number of Topliss-reactive ketones (excluding diaryl/α,β-unsaturated/α-hetero) is 1. The average Bonchev–Trinajstić information content (AvgIpc) is 2.53. The summed E-state index contributed by atoms with van der Waals surface area (Å²) >= 11 is 0. The highest BCUT2D eigenvalue weighted by molar-refractivity contribution is 6.04. The monoisotopic (exact) mass is 311 g/mol. The zero-order chi connectivity index (χ0) is 16.8. The van der Waals surface area contributed by atoms with E-state index in [1.807, 2.05) is 0 Å². The molecule has 0 aliphatic rings. The van der Waals surface area contributed by atoms with Crippen molar-refractivity contribution in [2.24, 2.45) is 5.92 Å². The Morgan fingerprint density at radius 3 is 2.35 bits per heavy atom. The smallest absolute Gasteiger partial charge is 0.257 e. The van der Waals surface area contributed by atoms with Crippen molar-refractivity contribution in [3.8, 4) is 0 Å². The molecule has 1 aromatic carbocycles. The van der Waals surface area contributed by atoms with E-state index < -0.39 is 0 Å². The van der Waals surface area contributed by atoms with E-state index in [4.69, 9.17) is 0 Å². The first-order valence-electron chi connectivity index (χ1n) is 7.57. The fourth-order valence-corrected chi connectivity index (χ4v) is 1.97. The number of nitrogens with zero attached hydrogens (tertiary/aromatic N) is 1. The van der Waals surface area contributed by atoms with Gasteiger partial charge in [-0.1, -0.05) is 13.8 Å². The number of amides is 1. The van der Waals surface area contributed by atoms with Crippen LogP contribution in [0.1, 0.15) is 41.5 Å². The fraction of sp³-hybridized carbons (Fsp3) is 0.278. The van der Waals surface area contributed by atoms with E-state index in [0.717, 1.165) is 12.2 Å². The lowest BCUT2D eigenvalue weighted by Crippen LogP contribution is -2.14. The minimum atomic E-state index is -0.235. The predicted molar refractivity (Wildman–Crippen MR) is 92.0 cm³/mol. The lowest BCUT2D eigenvalue weighted by molar-refractivity contribution is 0.101. The molecule has 5 nitrogen and oxygen atoms in total. The Kier molecular flexibility index (Phi) is 5.46. The number of carbonyl (C=O) groups excluding carboxylic acids is 2. The van der Waals surface area contributed by atoms with Crippen LogP contribution in [-0.4, -0.2) is 23.2 Å². The first kappa shape index (κ1) is 16.7. The van der Waals surface area contributed by atoms with Crippen LogP contribution < -0.4 is 10.6 Å². The summed E-state index contributed by atoms with van der Waals surface area (Å²) in [5.41, 5.74) is 2.55. The highest BCUT2D eigenvalue weighted by atomic mass is 16.1. The summed E-state index contributed by atoms with van der Waals surface area (Å²) in [5, 5.41) is 6.04. The molecule has 0 saturated heterocycles. The summed E-state index contributed by atoms with van der Waals surface area (Å²) in [6.45, 7) is 6.55. The van der Waals surface area contributed by atoms with Crippen LogP contribution in [0.25, 0.3) is 0 Å². The van der Waals surface area contributed by atoms with Crippen LogP contribution in [-0.2, 0) is 0 Å². The van der Waals surface area contributed by atoms with Gasteiger partial charge in [-0.3, -0.25) is 14.6 Å². The third-order valence-corrected chi connectivity index (χ3v) is 3.26. The molecule has 0 bridgehead atoms. The van der Waals surface area contributed by atoms with Crippen LogP contribution in [0, 0.1) is 5.92 Å². The second kappa shape index (κ2) is 7.54. The quantitative estimate of drug-likeness (QED) is 0.800. The predicted octanol–water partition coefficient (Wildman–Crippen LogP) is 3.60. The number of benzene rings is 1. The topological polar surface area (TPSA) is 71.1 Å². The van der Waals surface area contributed by atoms with Gasteiger partial charge < -0.3 is 10.6 Å². The van der Waals surface area contributed by atoms with Crippen LogP contribution in [0.2, 0.25) is 0 Å². The zero-order valence-corrected chi connectivity index (χ0v) is 13.6. The Morgan fingerprint density at radius 2 is 1.74 bits per heavy atom. The molecule has 0 aliphatic carbocycles. The van der Waals surface area contributed by atoms with E-state index in [2.05, 4.69) is 29.5 Å². The zero-order valence-electron chi connectivity index (χ0n) is 13.6. The molecule has 1 amide bonds. The highest BCUT2D eigenvalue weighted by Gasteiger charge is 2.08. The number of hydrogen-bond acceptors (Lipinski definition) is 4. The highest BCUT2D eigenvalue weighted by Crippen LogP contribution is 2.14. The van der Waals surface area contributed by atoms with Gasteiger partial charge in [-0.2, -0.15) is 0 Å². The van der Waals surface area contributed by atoms with Crippen molar-refractivity contribution in [3.05, 3.63) is 53.9 Å². The number of nitrogens with one attached hydrogen (secondary N) is 2. The van der Waals surface area contributed by atoms with E-state index in [9.17, 15) is 9.59 Å². The second-order valence-electron chi connectivity index (χ2n) is 5.82. The molecule has 5 heteroatoms. The van der Waals surface area contributed by atoms with E-state index in [-0.39, 0.29) is 11.7 Å². The summed E-state index contributed by atoms with van der Waals surface area (Å²) in [4.78, 5) is 27.6. The van der Waals surface area contributed by atoms with Crippen molar-refractivity contribution < 1.29 is 9.59 Å². The van der Waals surface area contributed by atoms with Gasteiger partial charge in [0.05, 0.1) is 11.3 Å². The maximum Gasteiger partial charge on any atom is 0.257 e. The molecule has 0 aliphatic heterocycles. The van der Waals surface area contributed by atoms with Crippen molar-refractivity contribution in [2.75, 3.05) is 17.2 Å². The Balaban J connectivity index is 2.05. The number of hydrogen-bond donors (Lipinski definition) is 2. The number of anilines is 2. The minimum absolute atomic E-state index is 0.00370. The van der Waals surface area contributed by atoms with Gasteiger partial charge in [0.15, 0.2) is 5.78 Å². The largest absolute Gasteiger partial charge is 0.384 e. The molecule has 0 spiro atoms. The summed E-state index contributed by atoms with van der Waals surface area (Å²) < 4.78 is 0. The molecule has 23 heavy (non-hydrogen) atoms. The number of ketones is 1. The third-order valence-electron chi connectivity index (χ3n) is 3.26. The first-order chi connectivity index (χ1) is 11.0. The standard InChI is InChI=1S/C18H21N3O2/c1-12(2)9-20-17-8-15(10-19-11-17)18(23)21-16-6-4-14(5-7-16)13(3)22/h4-8,10-12,20H,9H2,1-3H3,(H,21,23). The fourth-order valence-electron chi connectivity index (χ4n) is 1.97. The van der Waals surface area contributed by atoms with Crippen molar-refractivity contribution in [1.29, 1.82) is 0 Å². The molecule has 2 aromatic rings. The van der Waals surface area contributed by atoms with E-state index in [1.165, 1.54) is 13.1 Å². The average molecular weight is 311 g/mol. The van der Waals surface area contributed by atoms with Crippen molar-refractivity contribution in [3.63, 3.8) is 0 Å². The number of rotatable bonds is 6. The molecule has 1 heterocycles. The summed E-state index contributed by atoms with van der Waals surface area (Å²) in [5.74, 6) is 0.268. The Hall–Kier alpha value is -2.69. The Bertz CT molecular complexity index is 694. The van der Waals surface area contributed by atoms with Gasteiger partial charge in [0.2, 0.25) is 0 Å². The molecule has 0 fully saturated rings. The summed E-state index contributed by atoms with van der Waals surface area (Å²) in [6.07, 6.45) is 3.22. The Labute approximate surface area is 136 Å². The molecule has 2 N–H and O–H groups in total. The molecule has 0 atom stereocenters. The van der Waals surface area contributed by atoms with Gasteiger partial charge in [0.25, 0.3) is 5.91 Å².